The van der Waals surface area contributed by atoms with Crippen LogP contribution < -0.4 is 10.4 Å². The van der Waals surface area contributed by atoms with Gasteiger partial charge < -0.3 is 14.3 Å². The minimum Gasteiger partial charge on any atom is -0.479 e. The summed E-state index contributed by atoms with van der Waals surface area (Å²) in [6, 6.07) is 7.93. The normalized spacial score (nSPS) is 12.3. The Hall–Kier alpha value is -2.30. The molecule has 1 N–H and O–H groups in total. The number of carboxylic acids is 1. The maximum Gasteiger partial charge on any atom is 0.344 e. The van der Waals surface area contributed by atoms with E-state index in [9.17, 15) is 9.59 Å². The van der Waals surface area contributed by atoms with E-state index in [2.05, 4.69) is 0 Å². The summed E-state index contributed by atoms with van der Waals surface area (Å²) in [7, 11) is 0. The molecule has 5 heteroatoms. The van der Waals surface area contributed by atoms with Gasteiger partial charge in [0.05, 0.1) is 11.5 Å². The van der Waals surface area contributed by atoms with Crippen molar-refractivity contribution < 1.29 is 19.1 Å². The van der Waals surface area contributed by atoms with Gasteiger partial charge in [-0.1, -0.05) is 12.1 Å². The van der Waals surface area contributed by atoms with Gasteiger partial charge in [-0.2, -0.15) is 0 Å². The zero-order chi connectivity index (χ0) is 12.4. The third-order valence-corrected chi connectivity index (χ3v) is 2.26. The lowest BCUT2D eigenvalue weighted by atomic mass is 10.2. The van der Waals surface area contributed by atoms with Gasteiger partial charge in [-0.3, -0.25) is 0 Å². The quantitative estimate of drug-likeness (QED) is 0.817. The first-order valence-electron chi connectivity index (χ1n) is 5.00. The van der Waals surface area contributed by atoms with Gasteiger partial charge in [0.15, 0.2) is 6.10 Å². The van der Waals surface area contributed by atoms with Gasteiger partial charge in [0.2, 0.25) is 0 Å². The molecule has 17 heavy (non-hydrogen) atoms. The lowest BCUT2D eigenvalue weighted by Crippen LogP contribution is -2.23. The zero-order valence-corrected chi connectivity index (χ0v) is 9.04. The maximum atomic E-state index is 11.3. The van der Waals surface area contributed by atoms with Crippen molar-refractivity contribution in [3.05, 3.63) is 40.8 Å². The molecule has 0 aliphatic heterocycles. The standard InChI is InChI=1S/C12H10O5/c1-7(12(14)15)16-10-6-11(13)17-9-5-3-2-4-8(9)10/h2-7H,1H3,(H,14,15). The smallest absolute Gasteiger partial charge is 0.344 e. The number of hydrogen-bond acceptors (Lipinski definition) is 4. The number of para-hydroxylation sites is 1. The van der Waals surface area contributed by atoms with Crippen molar-refractivity contribution in [2.75, 3.05) is 0 Å². The highest BCUT2D eigenvalue weighted by atomic mass is 16.5. The summed E-state index contributed by atoms with van der Waals surface area (Å²) in [6.07, 6.45) is -1.03. The Bertz CT molecular complexity index is 614. The Balaban J connectivity index is 2.52. The Kier molecular flexibility index (Phi) is 2.82. The second-order valence-corrected chi connectivity index (χ2v) is 3.52. The van der Waals surface area contributed by atoms with Gasteiger partial charge in [0.25, 0.3) is 0 Å². The molecule has 0 fully saturated rings. The van der Waals surface area contributed by atoms with Crippen molar-refractivity contribution in [2.24, 2.45) is 0 Å². The number of rotatable bonds is 3. The molecule has 2 rings (SSSR count). The van der Waals surface area contributed by atoms with E-state index < -0.39 is 17.7 Å². The molecule has 2 aromatic rings. The Morgan fingerprint density at radius 1 is 1.41 bits per heavy atom. The average Bonchev–Trinajstić information content (AvgIpc) is 2.28. The summed E-state index contributed by atoms with van der Waals surface area (Å²) < 4.78 is 10.2. The fourth-order valence-corrected chi connectivity index (χ4v) is 1.42. The van der Waals surface area contributed by atoms with Gasteiger partial charge in [-0.15, -0.1) is 0 Å². The number of fused-ring (bicyclic) bond motifs is 1. The van der Waals surface area contributed by atoms with E-state index in [1.807, 2.05) is 0 Å². The lowest BCUT2D eigenvalue weighted by Gasteiger charge is -2.11. The van der Waals surface area contributed by atoms with E-state index in [0.29, 0.717) is 11.0 Å². The van der Waals surface area contributed by atoms with E-state index in [0.717, 1.165) is 6.07 Å². The molecule has 1 unspecified atom stereocenters. The van der Waals surface area contributed by atoms with Gasteiger partial charge in [-0.05, 0) is 19.1 Å². The van der Waals surface area contributed by atoms with Crippen molar-refractivity contribution in [3.63, 3.8) is 0 Å². The molecule has 1 aromatic heterocycles. The van der Waals surface area contributed by atoms with Gasteiger partial charge >= 0.3 is 11.6 Å². The summed E-state index contributed by atoms with van der Waals surface area (Å²) in [5.74, 6) is -0.880. The van der Waals surface area contributed by atoms with E-state index in [4.69, 9.17) is 14.3 Å². The number of ether oxygens (including phenoxy) is 1. The molecular weight excluding hydrogens is 224 g/mol. The maximum absolute atomic E-state index is 11.3. The molecule has 0 aliphatic rings. The molecule has 0 amide bonds. The van der Waals surface area contributed by atoms with Crippen LogP contribution in [0.3, 0.4) is 0 Å². The van der Waals surface area contributed by atoms with Crippen molar-refractivity contribution in [3.8, 4) is 5.75 Å². The van der Waals surface area contributed by atoms with Crippen LogP contribution in [0.5, 0.6) is 5.75 Å². The van der Waals surface area contributed by atoms with E-state index in [1.54, 1.807) is 24.3 Å². The summed E-state index contributed by atoms with van der Waals surface area (Å²) in [5.41, 5.74) is -0.205. The second-order valence-electron chi connectivity index (χ2n) is 3.52. The van der Waals surface area contributed by atoms with Gasteiger partial charge in [0, 0.05) is 0 Å². The molecular formula is C12H10O5. The monoisotopic (exact) mass is 234 g/mol. The zero-order valence-electron chi connectivity index (χ0n) is 9.04. The largest absolute Gasteiger partial charge is 0.479 e. The first-order valence-corrected chi connectivity index (χ1v) is 5.00. The third kappa shape index (κ3) is 2.28. The average molecular weight is 234 g/mol. The van der Waals surface area contributed by atoms with E-state index >= 15 is 0 Å². The second kappa shape index (κ2) is 4.29. The Morgan fingerprint density at radius 2 is 2.12 bits per heavy atom. The molecule has 1 atom stereocenters. The molecule has 0 saturated heterocycles. The molecule has 0 aliphatic carbocycles. The van der Waals surface area contributed by atoms with Crippen LogP contribution in [0, 0.1) is 0 Å². The Morgan fingerprint density at radius 3 is 2.82 bits per heavy atom. The molecule has 5 nitrogen and oxygen atoms in total. The Labute approximate surface area is 96.2 Å². The highest BCUT2D eigenvalue weighted by molar-refractivity contribution is 5.83. The van der Waals surface area contributed by atoms with Crippen LogP contribution in [-0.2, 0) is 4.79 Å². The lowest BCUT2D eigenvalue weighted by molar-refractivity contribution is -0.144. The van der Waals surface area contributed by atoms with Crippen molar-refractivity contribution >= 4 is 16.9 Å². The van der Waals surface area contributed by atoms with Crippen LogP contribution in [0.1, 0.15) is 6.92 Å². The van der Waals surface area contributed by atoms with E-state index in [1.165, 1.54) is 6.92 Å². The summed E-state index contributed by atoms with van der Waals surface area (Å²) in [5, 5.41) is 9.33. The van der Waals surface area contributed by atoms with Crippen LogP contribution in [0.15, 0.2) is 39.5 Å². The van der Waals surface area contributed by atoms with Crippen LogP contribution >= 0.6 is 0 Å². The molecule has 1 aromatic carbocycles. The van der Waals surface area contributed by atoms with Crippen molar-refractivity contribution in [1.82, 2.24) is 0 Å². The van der Waals surface area contributed by atoms with Crippen molar-refractivity contribution in [1.29, 1.82) is 0 Å². The minimum absolute atomic E-state index is 0.215. The van der Waals surface area contributed by atoms with Crippen molar-refractivity contribution in [2.45, 2.75) is 13.0 Å². The molecule has 0 spiro atoms. The number of carbonyl (C=O) groups is 1. The number of benzene rings is 1. The predicted molar refractivity (Wildman–Crippen MR) is 60.2 cm³/mol. The topological polar surface area (TPSA) is 76.7 Å². The molecule has 88 valence electrons. The van der Waals surface area contributed by atoms with E-state index in [-0.39, 0.29) is 5.75 Å². The highest BCUT2D eigenvalue weighted by Gasteiger charge is 2.15. The SMILES string of the molecule is CC(Oc1cc(=O)oc2ccccc12)C(=O)O. The predicted octanol–water partition coefficient (Wildman–Crippen LogP) is 1.64. The number of carboxylic acid groups (broad SMARTS) is 1. The molecule has 0 saturated carbocycles. The van der Waals surface area contributed by atoms with Crippen LogP contribution in [0.2, 0.25) is 0 Å². The first-order chi connectivity index (χ1) is 8.08. The van der Waals surface area contributed by atoms with Crippen LogP contribution in [0.25, 0.3) is 11.0 Å². The first kappa shape index (κ1) is 11.2. The molecule has 0 radical (unpaired) electrons. The molecule has 1 heterocycles. The fourth-order valence-electron chi connectivity index (χ4n) is 1.42. The molecule has 0 bridgehead atoms. The van der Waals surface area contributed by atoms with Gasteiger partial charge in [-0.25, -0.2) is 9.59 Å². The number of hydrogen-bond donors (Lipinski definition) is 1. The minimum atomic E-state index is -1.10. The summed E-state index contributed by atoms with van der Waals surface area (Å²) in [6.45, 7) is 1.39. The fraction of sp³-hybridized carbons (Fsp3) is 0.167. The van der Waals surface area contributed by atoms with Crippen LogP contribution in [0.4, 0.5) is 0 Å². The third-order valence-electron chi connectivity index (χ3n) is 2.26. The van der Waals surface area contributed by atoms with Gasteiger partial charge in [0.1, 0.15) is 11.3 Å². The highest BCUT2D eigenvalue weighted by Crippen LogP contribution is 2.24. The number of aliphatic carboxylic acids is 1. The van der Waals surface area contributed by atoms with Crippen LogP contribution in [-0.4, -0.2) is 17.2 Å². The summed E-state index contributed by atoms with van der Waals surface area (Å²) >= 11 is 0. The summed E-state index contributed by atoms with van der Waals surface area (Å²) in [4.78, 5) is 22.0.